The van der Waals surface area contributed by atoms with Gasteiger partial charge >= 0.3 is 12.0 Å². The second-order valence-corrected chi connectivity index (χ2v) is 2.71. The fourth-order valence-corrected chi connectivity index (χ4v) is 0.836. The first kappa shape index (κ1) is 10.7. The van der Waals surface area contributed by atoms with Crippen molar-refractivity contribution in [3.63, 3.8) is 0 Å². The number of carbonyl (C=O) groups excluding carboxylic acids is 1. The Morgan fingerprint density at radius 3 is 2.33 bits per heavy atom. The smallest absolute Gasteiger partial charge is 0.326 e. The van der Waals surface area contributed by atoms with Crippen LogP contribution < -0.4 is 11.1 Å². The molecule has 5 heteroatoms. The molecule has 4 N–H and O–H groups in total. The summed E-state index contributed by atoms with van der Waals surface area (Å²) in [5.41, 5.74) is 4.81. The Balaban J connectivity index is 4.22. The van der Waals surface area contributed by atoms with Crippen molar-refractivity contribution in [2.75, 3.05) is 0 Å². The van der Waals surface area contributed by atoms with Crippen molar-refractivity contribution in [3.05, 3.63) is 0 Å². The summed E-state index contributed by atoms with van der Waals surface area (Å²) < 4.78 is 0. The molecule has 2 amide bonds. The highest BCUT2D eigenvalue weighted by atomic mass is 16.4. The lowest BCUT2D eigenvalue weighted by Gasteiger charge is -2.18. The number of carboxylic acids is 1. The summed E-state index contributed by atoms with van der Waals surface area (Å²) in [5.74, 6) is -1.17. The van der Waals surface area contributed by atoms with E-state index in [1.165, 1.54) is 0 Å². The zero-order chi connectivity index (χ0) is 9.72. The zero-order valence-corrected chi connectivity index (χ0v) is 7.20. The van der Waals surface area contributed by atoms with Gasteiger partial charge in [-0.15, -0.1) is 0 Å². The molecule has 2 atom stereocenters. The van der Waals surface area contributed by atoms with E-state index in [2.05, 4.69) is 5.32 Å². The van der Waals surface area contributed by atoms with Gasteiger partial charge in [-0.2, -0.15) is 0 Å². The minimum absolute atomic E-state index is 0.116. The van der Waals surface area contributed by atoms with Crippen LogP contribution in [0.2, 0.25) is 0 Å². The molecule has 0 bridgehead atoms. The van der Waals surface area contributed by atoms with Gasteiger partial charge in [-0.1, -0.05) is 20.3 Å². The average molecular weight is 174 g/mol. The lowest BCUT2D eigenvalue weighted by Crippen LogP contribution is -2.47. The molecular formula is C7H14N2O3. The van der Waals surface area contributed by atoms with Crippen LogP contribution in [0.3, 0.4) is 0 Å². The summed E-state index contributed by atoms with van der Waals surface area (Å²) in [6.07, 6.45) is 0.678. The first-order valence-electron chi connectivity index (χ1n) is 3.77. The van der Waals surface area contributed by atoms with Crippen molar-refractivity contribution in [1.29, 1.82) is 0 Å². The van der Waals surface area contributed by atoms with E-state index in [1.54, 1.807) is 6.92 Å². The van der Waals surface area contributed by atoms with Gasteiger partial charge < -0.3 is 16.2 Å². The molecule has 0 aliphatic heterocycles. The SMILES string of the molecule is CCC(C)[C@H](NC(N)=O)C(=O)O. The molecule has 0 radical (unpaired) electrons. The Morgan fingerprint density at radius 1 is 1.58 bits per heavy atom. The molecule has 0 aromatic rings. The maximum absolute atomic E-state index is 10.6. The molecule has 0 rings (SSSR count). The molecule has 0 aliphatic rings. The largest absolute Gasteiger partial charge is 0.480 e. The van der Waals surface area contributed by atoms with E-state index in [-0.39, 0.29) is 5.92 Å². The quantitative estimate of drug-likeness (QED) is 0.566. The third-order valence-corrected chi connectivity index (χ3v) is 1.78. The molecule has 0 fully saturated rings. The molecule has 0 heterocycles. The van der Waals surface area contributed by atoms with E-state index in [0.29, 0.717) is 6.42 Å². The fraction of sp³-hybridized carbons (Fsp3) is 0.714. The molecule has 5 nitrogen and oxygen atoms in total. The van der Waals surface area contributed by atoms with Crippen LogP contribution in [-0.4, -0.2) is 23.1 Å². The number of nitrogens with two attached hydrogens (primary N) is 1. The summed E-state index contributed by atoms with van der Waals surface area (Å²) in [7, 11) is 0. The number of aliphatic carboxylic acids is 1. The zero-order valence-electron chi connectivity index (χ0n) is 7.20. The predicted octanol–water partition coefficient (Wildman–Crippen LogP) is 0.154. The normalized spacial score (nSPS) is 14.8. The van der Waals surface area contributed by atoms with Gasteiger partial charge in [0, 0.05) is 0 Å². The van der Waals surface area contributed by atoms with Gasteiger partial charge in [0.2, 0.25) is 0 Å². The maximum Gasteiger partial charge on any atom is 0.326 e. The Labute approximate surface area is 70.9 Å². The summed E-state index contributed by atoms with van der Waals surface area (Å²) in [6.45, 7) is 3.60. The van der Waals surface area contributed by atoms with Crippen molar-refractivity contribution in [2.24, 2.45) is 11.7 Å². The second kappa shape index (κ2) is 4.58. The number of carbonyl (C=O) groups is 2. The number of urea groups is 1. The second-order valence-electron chi connectivity index (χ2n) is 2.71. The van der Waals surface area contributed by atoms with Crippen molar-refractivity contribution in [2.45, 2.75) is 26.3 Å². The molecule has 0 aliphatic carbocycles. The molecule has 70 valence electrons. The van der Waals surface area contributed by atoms with Gasteiger partial charge in [0.05, 0.1) is 0 Å². The van der Waals surface area contributed by atoms with Gasteiger partial charge in [-0.05, 0) is 5.92 Å². The van der Waals surface area contributed by atoms with E-state index in [1.807, 2.05) is 6.92 Å². The van der Waals surface area contributed by atoms with Gasteiger partial charge in [0.1, 0.15) is 6.04 Å². The van der Waals surface area contributed by atoms with Crippen molar-refractivity contribution < 1.29 is 14.7 Å². The summed E-state index contributed by atoms with van der Waals surface area (Å²) >= 11 is 0. The molecule has 1 unspecified atom stereocenters. The molecule has 0 aromatic heterocycles. The van der Waals surface area contributed by atoms with Crippen LogP contribution in [0, 0.1) is 5.92 Å². The molecular weight excluding hydrogens is 160 g/mol. The van der Waals surface area contributed by atoms with Gasteiger partial charge in [-0.3, -0.25) is 0 Å². The Kier molecular flexibility index (Phi) is 4.10. The predicted molar refractivity (Wildman–Crippen MR) is 43.6 cm³/mol. The lowest BCUT2D eigenvalue weighted by atomic mass is 10.00. The van der Waals surface area contributed by atoms with Crippen molar-refractivity contribution >= 4 is 12.0 Å². The first-order chi connectivity index (χ1) is 5.49. The summed E-state index contributed by atoms with van der Waals surface area (Å²) in [6, 6.07) is -1.68. The van der Waals surface area contributed by atoms with E-state index in [4.69, 9.17) is 10.8 Å². The van der Waals surface area contributed by atoms with Crippen LogP contribution in [0.15, 0.2) is 0 Å². The number of rotatable bonds is 4. The minimum atomic E-state index is -1.05. The van der Waals surface area contributed by atoms with Crippen LogP contribution in [0.4, 0.5) is 4.79 Å². The molecule has 0 saturated carbocycles. The number of carboxylic acid groups (broad SMARTS) is 1. The number of nitrogens with one attached hydrogen (secondary N) is 1. The minimum Gasteiger partial charge on any atom is -0.480 e. The van der Waals surface area contributed by atoms with Gasteiger partial charge in [-0.25, -0.2) is 9.59 Å². The van der Waals surface area contributed by atoms with Crippen molar-refractivity contribution in [3.8, 4) is 0 Å². The van der Waals surface area contributed by atoms with E-state index in [0.717, 1.165) is 0 Å². The number of hydrogen-bond donors (Lipinski definition) is 3. The molecule has 0 aromatic carbocycles. The summed E-state index contributed by atoms with van der Waals surface area (Å²) in [5, 5.41) is 10.8. The van der Waals surface area contributed by atoms with Gasteiger partial charge in [0.25, 0.3) is 0 Å². The number of hydrogen-bond acceptors (Lipinski definition) is 2. The molecule has 0 spiro atoms. The highest BCUT2D eigenvalue weighted by Gasteiger charge is 2.23. The number of primary amides is 1. The highest BCUT2D eigenvalue weighted by Crippen LogP contribution is 2.07. The Morgan fingerprint density at radius 2 is 2.08 bits per heavy atom. The third kappa shape index (κ3) is 3.23. The molecule has 12 heavy (non-hydrogen) atoms. The van der Waals surface area contributed by atoms with Crippen LogP contribution in [0.1, 0.15) is 20.3 Å². The third-order valence-electron chi connectivity index (χ3n) is 1.78. The molecule has 0 saturated heterocycles. The first-order valence-corrected chi connectivity index (χ1v) is 3.77. The number of amides is 2. The Hall–Kier alpha value is -1.26. The van der Waals surface area contributed by atoms with E-state index in [9.17, 15) is 9.59 Å². The highest BCUT2D eigenvalue weighted by molar-refractivity contribution is 5.81. The standard InChI is InChI=1S/C7H14N2O3/c1-3-4(2)5(6(10)11)9-7(8)12/h4-5H,3H2,1-2H3,(H,10,11)(H3,8,9,12)/t4?,5-/m0/s1. The average Bonchev–Trinajstić information content (AvgIpc) is 1.98. The van der Waals surface area contributed by atoms with Crippen molar-refractivity contribution in [1.82, 2.24) is 5.32 Å². The topological polar surface area (TPSA) is 92.4 Å². The Bertz CT molecular complexity index is 181. The maximum atomic E-state index is 10.6. The lowest BCUT2D eigenvalue weighted by molar-refractivity contribution is -0.140. The monoisotopic (exact) mass is 174 g/mol. The van der Waals surface area contributed by atoms with Crippen LogP contribution in [0.25, 0.3) is 0 Å². The summed E-state index contributed by atoms with van der Waals surface area (Å²) in [4.78, 5) is 20.9. The van der Waals surface area contributed by atoms with E-state index < -0.39 is 18.0 Å². The van der Waals surface area contributed by atoms with Crippen LogP contribution in [-0.2, 0) is 4.79 Å². The van der Waals surface area contributed by atoms with Crippen LogP contribution >= 0.6 is 0 Å². The van der Waals surface area contributed by atoms with E-state index >= 15 is 0 Å². The van der Waals surface area contributed by atoms with Crippen LogP contribution in [0.5, 0.6) is 0 Å². The fourth-order valence-electron chi connectivity index (χ4n) is 0.836. The van der Waals surface area contributed by atoms with Gasteiger partial charge in [0.15, 0.2) is 0 Å².